The van der Waals surface area contributed by atoms with E-state index < -0.39 is 0 Å². The summed E-state index contributed by atoms with van der Waals surface area (Å²) in [6, 6.07) is 10.3. The molecule has 0 bridgehead atoms. The first-order valence-electron chi connectivity index (χ1n) is 9.97. The van der Waals surface area contributed by atoms with Crippen LogP contribution in [0.5, 0.6) is 5.75 Å². The summed E-state index contributed by atoms with van der Waals surface area (Å²) in [5, 5.41) is 11.1. The number of phenols is 1. The van der Waals surface area contributed by atoms with Crippen molar-refractivity contribution in [2.45, 2.75) is 78.6 Å². The zero-order valence-electron chi connectivity index (χ0n) is 18.7. The molecule has 0 aliphatic rings. The van der Waals surface area contributed by atoms with Gasteiger partial charge in [-0.2, -0.15) is 0 Å². The quantitative estimate of drug-likeness (QED) is 0.491. The van der Waals surface area contributed by atoms with Crippen molar-refractivity contribution < 1.29 is 9.52 Å². The minimum absolute atomic E-state index is 0.0427. The van der Waals surface area contributed by atoms with E-state index in [1.807, 2.05) is 12.1 Å². The maximum atomic E-state index is 11.1. The highest BCUT2D eigenvalue weighted by Crippen LogP contribution is 2.42. The van der Waals surface area contributed by atoms with Gasteiger partial charge in [0, 0.05) is 5.56 Å². The number of fused-ring (bicyclic) bond motifs is 1. The molecule has 3 aromatic rings. The number of rotatable bonds is 1. The van der Waals surface area contributed by atoms with Gasteiger partial charge in [0.2, 0.25) is 5.89 Å². The minimum Gasteiger partial charge on any atom is -0.507 e. The van der Waals surface area contributed by atoms with Gasteiger partial charge in [0.1, 0.15) is 11.3 Å². The molecule has 1 aromatic heterocycles. The van der Waals surface area contributed by atoms with Crippen LogP contribution < -0.4 is 0 Å². The molecule has 0 fully saturated rings. The van der Waals surface area contributed by atoms with Crippen molar-refractivity contribution in [3.8, 4) is 17.2 Å². The first kappa shape index (κ1) is 20.4. The second-order valence-corrected chi connectivity index (χ2v) is 10.9. The number of nitrogens with zero attached hydrogens (tertiary/aromatic N) is 1. The molecule has 0 saturated carbocycles. The first-order valence-corrected chi connectivity index (χ1v) is 9.97. The van der Waals surface area contributed by atoms with Gasteiger partial charge in [0.15, 0.2) is 5.58 Å². The fraction of sp³-hybridized carbons (Fsp3) is 0.480. The Balaban J connectivity index is 2.25. The van der Waals surface area contributed by atoms with Crippen molar-refractivity contribution in [2.24, 2.45) is 0 Å². The lowest BCUT2D eigenvalue weighted by molar-refractivity contribution is 0.444. The number of hydrogen-bond acceptors (Lipinski definition) is 3. The van der Waals surface area contributed by atoms with Crippen molar-refractivity contribution >= 4 is 11.1 Å². The lowest BCUT2D eigenvalue weighted by atomic mass is 9.79. The van der Waals surface area contributed by atoms with E-state index in [0.29, 0.717) is 11.5 Å². The number of phenolic OH excluding ortho intramolecular Hbond substituents is 1. The van der Waals surface area contributed by atoms with Gasteiger partial charge in [-0.15, -0.1) is 0 Å². The molecule has 0 unspecified atom stereocenters. The van der Waals surface area contributed by atoms with Crippen molar-refractivity contribution in [3.63, 3.8) is 0 Å². The van der Waals surface area contributed by atoms with Gasteiger partial charge in [-0.05, 0) is 45.6 Å². The zero-order chi connectivity index (χ0) is 21.1. The second-order valence-electron chi connectivity index (χ2n) is 10.9. The van der Waals surface area contributed by atoms with Crippen LogP contribution in [0.1, 0.15) is 79.0 Å². The van der Waals surface area contributed by atoms with E-state index in [1.165, 1.54) is 5.56 Å². The number of aromatic hydroxyl groups is 1. The van der Waals surface area contributed by atoms with Gasteiger partial charge in [-0.25, -0.2) is 4.98 Å². The van der Waals surface area contributed by atoms with Crippen molar-refractivity contribution in [3.05, 3.63) is 47.0 Å². The summed E-state index contributed by atoms with van der Waals surface area (Å²) < 4.78 is 6.07. The van der Waals surface area contributed by atoms with Crippen LogP contribution in [0, 0.1) is 0 Å². The summed E-state index contributed by atoms with van der Waals surface area (Å²) in [6.45, 7) is 19.4. The highest BCUT2D eigenvalue weighted by molar-refractivity contribution is 5.79. The SMILES string of the molecule is CC(C)(C)c1cc(-c2nc3cc(C(C)(C)C)ccc3o2)c(O)c(C(C)(C)C)c1. The largest absolute Gasteiger partial charge is 0.507 e. The van der Waals surface area contributed by atoms with E-state index in [9.17, 15) is 5.11 Å². The standard InChI is InChI=1S/C25H33NO2/c1-23(2,3)15-10-11-20-19(14-15)26-22(28-20)17-12-16(24(4,5)6)13-18(21(17)27)25(7,8)9/h10-14,27H,1-9H3. The van der Waals surface area contributed by atoms with Crippen LogP contribution in [0.15, 0.2) is 34.7 Å². The van der Waals surface area contributed by atoms with Gasteiger partial charge in [0.25, 0.3) is 0 Å². The summed E-state index contributed by atoms with van der Waals surface area (Å²) in [4.78, 5) is 4.74. The van der Waals surface area contributed by atoms with Gasteiger partial charge in [-0.3, -0.25) is 0 Å². The molecule has 3 rings (SSSR count). The molecule has 0 aliphatic carbocycles. The lowest BCUT2D eigenvalue weighted by Gasteiger charge is -2.27. The molecule has 150 valence electrons. The van der Waals surface area contributed by atoms with Crippen LogP contribution in [0.3, 0.4) is 0 Å². The Morgan fingerprint density at radius 1 is 0.750 bits per heavy atom. The monoisotopic (exact) mass is 379 g/mol. The zero-order valence-corrected chi connectivity index (χ0v) is 18.7. The van der Waals surface area contributed by atoms with Gasteiger partial charge in [-0.1, -0.05) is 74.4 Å². The number of benzene rings is 2. The molecule has 3 heteroatoms. The molecule has 1 heterocycles. The maximum absolute atomic E-state index is 11.1. The average Bonchev–Trinajstić information content (AvgIpc) is 2.94. The topological polar surface area (TPSA) is 46.3 Å². The van der Waals surface area contributed by atoms with E-state index in [-0.39, 0.29) is 22.0 Å². The lowest BCUT2D eigenvalue weighted by Crippen LogP contribution is -2.17. The fourth-order valence-corrected chi connectivity index (χ4v) is 3.31. The average molecular weight is 380 g/mol. The first-order chi connectivity index (χ1) is 12.7. The highest BCUT2D eigenvalue weighted by Gasteiger charge is 2.27. The van der Waals surface area contributed by atoms with E-state index in [4.69, 9.17) is 9.40 Å². The van der Waals surface area contributed by atoms with Gasteiger partial charge in [0.05, 0.1) is 5.56 Å². The second kappa shape index (κ2) is 6.37. The normalized spacial score (nSPS) is 13.3. The summed E-state index contributed by atoms with van der Waals surface area (Å²) in [7, 11) is 0. The highest BCUT2D eigenvalue weighted by atomic mass is 16.3. The van der Waals surface area contributed by atoms with E-state index in [2.05, 4.69) is 80.5 Å². The Labute approximate surface area is 168 Å². The summed E-state index contributed by atoms with van der Waals surface area (Å²) in [5.74, 6) is 0.721. The third kappa shape index (κ3) is 3.80. The molecule has 28 heavy (non-hydrogen) atoms. The summed E-state index contributed by atoms with van der Waals surface area (Å²) >= 11 is 0. The molecule has 0 aliphatic heterocycles. The molecule has 1 N–H and O–H groups in total. The Hall–Kier alpha value is -2.29. The summed E-state index contributed by atoms with van der Waals surface area (Å²) in [6.07, 6.45) is 0. The molecule has 3 nitrogen and oxygen atoms in total. The van der Waals surface area contributed by atoms with E-state index in [1.54, 1.807) is 0 Å². The van der Waals surface area contributed by atoms with Crippen LogP contribution in [-0.4, -0.2) is 10.1 Å². The van der Waals surface area contributed by atoms with Gasteiger partial charge >= 0.3 is 0 Å². The molecule has 2 aromatic carbocycles. The van der Waals surface area contributed by atoms with Crippen LogP contribution >= 0.6 is 0 Å². The Bertz CT molecular complexity index is 1020. The Morgan fingerprint density at radius 2 is 1.36 bits per heavy atom. The van der Waals surface area contributed by atoms with Crippen LogP contribution in [0.2, 0.25) is 0 Å². The smallest absolute Gasteiger partial charge is 0.231 e. The third-order valence-corrected chi connectivity index (χ3v) is 5.27. The van der Waals surface area contributed by atoms with E-state index in [0.717, 1.165) is 22.2 Å². The fourth-order valence-electron chi connectivity index (χ4n) is 3.31. The molecular formula is C25H33NO2. The van der Waals surface area contributed by atoms with Crippen molar-refractivity contribution in [1.29, 1.82) is 0 Å². The molecule has 0 spiro atoms. The van der Waals surface area contributed by atoms with E-state index >= 15 is 0 Å². The third-order valence-electron chi connectivity index (χ3n) is 5.27. The molecule has 0 amide bonds. The van der Waals surface area contributed by atoms with Crippen LogP contribution in [-0.2, 0) is 16.2 Å². The minimum atomic E-state index is -0.189. The van der Waals surface area contributed by atoms with Crippen molar-refractivity contribution in [1.82, 2.24) is 4.98 Å². The van der Waals surface area contributed by atoms with Crippen molar-refractivity contribution in [2.75, 3.05) is 0 Å². The molecule has 0 radical (unpaired) electrons. The Kier molecular flexibility index (Phi) is 4.65. The Morgan fingerprint density at radius 3 is 1.89 bits per heavy atom. The number of aromatic nitrogens is 1. The number of oxazole rings is 1. The molecule has 0 atom stereocenters. The van der Waals surface area contributed by atoms with Crippen LogP contribution in [0.25, 0.3) is 22.6 Å². The predicted molar refractivity (Wildman–Crippen MR) is 117 cm³/mol. The van der Waals surface area contributed by atoms with Gasteiger partial charge < -0.3 is 9.52 Å². The maximum Gasteiger partial charge on any atom is 0.231 e. The molecular weight excluding hydrogens is 346 g/mol. The molecule has 0 saturated heterocycles. The van der Waals surface area contributed by atoms with Crippen LogP contribution in [0.4, 0.5) is 0 Å². The number of hydrogen-bond donors (Lipinski definition) is 1. The predicted octanol–water partition coefficient (Wildman–Crippen LogP) is 7.09. The summed E-state index contributed by atoms with van der Waals surface area (Å²) in [5.41, 5.74) is 5.30.